The Bertz CT molecular complexity index is 1040. The highest BCUT2D eigenvalue weighted by Gasteiger charge is 2.39. The van der Waals surface area contributed by atoms with Gasteiger partial charge in [0, 0.05) is 24.1 Å². The van der Waals surface area contributed by atoms with E-state index in [-0.39, 0.29) is 42.4 Å². The van der Waals surface area contributed by atoms with E-state index in [2.05, 4.69) is 30.9 Å². The maximum atomic E-state index is 13.6. The molecule has 0 aliphatic carbocycles. The Morgan fingerprint density at radius 3 is 2.38 bits per heavy atom. The molecule has 0 unspecified atom stereocenters. The van der Waals surface area contributed by atoms with Crippen LogP contribution in [0.5, 0.6) is 0 Å². The molecule has 0 saturated carbocycles. The number of ketones is 1. The third kappa shape index (κ3) is 6.32. The highest BCUT2D eigenvalue weighted by Crippen LogP contribution is 2.46. The van der Waals surface area contributed by atoms with Crippen molar-refractivity contribution >= 4 is 17.4 Å². The fraction of sp³-hybridized carbons (Fsp3) is 0.429. The van der Waals surface area contributed by atoms with Gasteiger partial charge in [-0.2, -0.15) is 0 Å². The van der Waals surface area contributed by atoms with E-state index in [0.29, 0.717) is 0 Å². The number of fused-ring (bicyclic) bond motifs is 1. The Labute approximate surface area is 201 Å². The van der Waals surface area contributed by atoms with E-state index in [0.717, 1.165) is 16.8 Å². The molecule has 6 heteroatoms. The lowest BCUT2D eigenvalue weighted by molar-refractivity contribution is -0.156. The molecule has 2 aromatic rings. The summed E-state index contributed by atoms with van der Waals surface area (Å²) in [5.41, 5.74) is 2.54. The van der Waals surface area contributed by atoms with Gasteiger partial charge in [-0.15, -0.1) is 0 Å². The van der Waals surface area contributed by atoms with Crippen molar-refractivity contribution in [1.82, 2.24) is 0 Å². The molecule has 182 valence electrons. The third-order valence-electron chi connectivity index (χ3n) is 5.73. The molecule has 1 aliphatic heterocycles. The van der Waals surface area contributed by atoms with Crippen LogP contribution in [0.3, 0.4) is 0 Å². The van der Waals surface area contributed by atoms with Crippen LogP contribution in [0.25, 0.3) is 0 Å². The number of hydrogen-bond acceptors (Lipinski definition) is 5. The lowest BCUT2D eigenvalue weighted by Crippen LogP contribution is -2.38. The van der Waals surface area contributed by atoms with Gasteiger partial charge in [-0.3, -0.25) is 9.59 Å². The lowest BCUT2D eigenvalue weighted by atomic mass is 9.87. The summed E-state index contributed by atoms with van der Waals surface area (Å²) in [7, 11) is 0. The minimum atomic E-state index is -1.03. The SMILES string of the molecule is CC(C)N1c2ccccc2[C@H](c2ccc(F)cc2)[C@@H]1/C=C/[C@H](O)CC(=O)CC(=O)OC(C)(C)C. The molecule has 0 aromatic heterocycles. The second-order valence-corrected chi connectivity index (χ2v) is 10.0. The van der Waals surface area contributed by atoms with Crippen LogP contribution in [-0.4, -0.2) is 40.6 Å². The molecular weight excluding hydrogens is 433 g/mol. The minimum Gasteiger partial charge on any atom is -0.460 e. The Balaban J connectivity index is 1.80. The number of Topliss-reactive ketones (excluding diaryl/α,β-unsaturated/α-hetero) is 1. The van der Waals surface area contributed by atoms with Gasteiger partial charge in [0.1, 0.15) is 23.6 Å². The first-order valence-corrected chi connectivity index (χ1v) is 11.7. The number of benzene rings is 2. The van der Waals surface area contributed by atoms with Gasteiger partial charge in [0.2, 0.25) is 0 Å². The van der Waals surface area contributed by atoms with Crippen molar-refractivity contribution in [3.05, 3.63) is 77.6 Å². The predicted molar refractivity (Wildman–Crippen MR) is 131 cm³/mol. The van der Waals surface area contributed by atoms with Crippen molar-refractivity contribution in [3.8, 4) is 0 Å². The number of hydrogen-bond donors (Lipinski definition) is 1. The first-order chi connectivity index (χ1) is 16.0. The maximum absolute atomic E-state index is 13.6. The largest absolute Gasteiger partial charge is 0.460 e. The predicted octanol–water partition coefficient (Wildman–Crippen LogP) is 5.16. The van der Waals surface area contributed by atoms with Crippen LogP contribution in [0.1, 0.15) is 64.5 Å². The molecule has 34 heavy (non-hydrogen) atoms. The monoisotopic (exact) mass is 467 g/mol. The van der Waals surface area contributed by atoms with Crippen LogP contribution in [-0.2, 0) is 14.3 Å². The van der Waals surface area contributed by atoms with Gasteiger partial charge in [-0.1, -0.05) is 42.5 Å². The second-order valence-electron chi connectivity index (χ2n) is 10.0. The average Bonchev–Trinajstić information content (AvgIpc) is 3.05. The Kier molecular flexibility index (Phi) is 7.93. The molecule has 0 fully saturated rings. The number of para-hydroxylation sites is 1. The summed E-state index contributed by atoms with van der Waals surface area (Å²) in [5.74, 6) is -1.32. The van der Waals surface area contributed by atoms with Crippen molar-refractivity contribution in [2.45, 2.75) is 77.2 Å². The molecule has 1 heterocycles. The van der Waals surface area contributed by atoms with Gasteiger partial charge >= 0.3 is 5.97 Å². The van der Waals surface area contributed by atoms with Gasteiger partial charge in [0.05, 0.1) is 12.1 Å². The first-order valence-electron chi connectivity index (χ1n) is 11.7. The van der Waals surface area contributed by atoms with E-state index in [1.807, 2.05) is 18.2 Å². The number of anilines is 1. The summed E-state index contributed by atoms with van der Waals surface area (Å²) in [5, 5.41) is 10.5. The van der Waals surface area contributed by atoms with Gasteiger partial charge < -0.3 is 14.7 Å². The summed E-state index contributed by atoms with van der Waals surface area (Å²) in [6.07, 6.45) is 1.97. The molecule has 0 saturated heterocycles. The van der Waals surface area contributed by atoms with Crippen molar-refractivity contribution in [1.29, 1.82) is 0 Å². The standard InChI is InChI=1S/C28H34FNO4/c1-18(2)30-24-9-7-6-8-23(24)27(19-10-12-20(29)13-11-19)25(30)15-14-21(31)16-22(32)17-26(33)34-28(3,4)5/h6-15,18,21,25,27,31H,16-17H2,1-5H3/b15-14+/t21-,25-,27-/m0/s1. The number of aliphatic hydroxyl groups excluding tert-OH is 1. The molecule has 3 rings (SSSR count). The molecule has 0 spiro atoms. The Hall–Kier alpha value is -2.99. The molecule has 0 amide bonds. The van der Waals surface area contributed by atoms with Crippen LogP contribution >= 0.6 is 0 Å². The van der Waals surface area contributed by atoms with Crippen LogP contribution in [0, 0.1) is 5.82 Å². The highest BCUT2D eigenvalue weighted by molar-refractivity contribution is 5.95. The molecule has 3 atom stereocenters. The first kappa shape index (κ1) is 25.6. The van der Waals surface area contributed by atoms with Crippen LogP contribution in [0.2, 0.25) is 0 Å². The summed E-state index contributed by atoms with van der Waals surface area (Å²) in [6, 6.07) is 14.7. The zero-order valence-corrected chi connectivity index (χ0v) is 20.5. The van der Waals surface area contributed by atoms with Crippen molar-refractivity contribution in [2.24, 2.45) is 0 Å². The topological polar surface area (TPSA) is 66.8 Å². The van der Waals surface area contributed by atoms with Gasteiger partial charge in [0.25, 0.3) is 0 Å². The van der Waals surface area contributed by atoms with Crippen molar-refractivity contribution < 1.29 is 23.8 Å². The molecule has 1 N–H and O–H groups in total. The summed E-state index contributed by atoms with van der Waals surface area (Å²) < 4.78 is 18.8. The Morgan fingerprint density at radius 1 is 1.12 bits per heavy atom. The van der Waals surface area contributed by atoms with E-state index >= 15 is 0 Å². The molecule has 5 nitrogen and oxygen atoms in total. The Morgan fingerprint density at radius 2 is 1.76 bits per heavy atom. The summed E-state index contributed by atoms with van der Waals surface area (Å²) in [4.78, 5) is 26.5. The number of halogens is 1. The number of aliphatic hydroxyl groups is 1. The van der Waals surface area contributed by atoms with E-state index in [1.54, 1.807) is 39.0 Å². The highest BCUT2D eigenvalue weighted by atomic mass is 19.1. The molecule has 0 radical (unpaired) electrons. The lowest BCUT2D eigenvalue weighted by Gasteiger charge is -2.32. The summed E-state index contributed by atoms with van der Waals surface area (Å²) >= 11 is 0. The van der Waals surface area contributed by atoms with Gasteiger partial charge in [-0.05, 0) is 63.9 Å². The van der Waals surface area contributed by atoms with Crippen molar-refractivity contribution in [2.75, 3.05) is 4.90 Å². The van der Waals surface area contributed by atoms with Gasteiger partial charge in [-0.25, -0.2) is 4.39 Å². The quantitative estimate of drug-likeness (QED) is 0.330. The number of rotatable bonds is 8. The fourth-order valence-electron chi connectivity index (χ4n) is 4.52. The van der Waals surface area contributed by atoms with E-state index in [9.17, 15) is 19.1 Å². The molecule has 2 aromatic carbocycles. The zero-order valence-electron chi connectivity index (χ0n) is 20.5. The second kappa shape index (κ2) is 10.5. The fourth-order valence-corrected chi connectivity index (χ4v) is 4.52. The van der Waals surface area contributed by atoms with E-state index in [1.165, 1.54) is 12.1 Å². The normalized spacial score (nSPS) is 18.9. The number of esters is 1. The molecule has 0 bridgehead atoms. The zero-order chi connectivity index (χ0) is 25.0. The van der Waals surface area contributed by atoms with Crippen LogP contribution in [0.4, 0.5) is 10.1 Å². The van der Waals surface area contributed by atoms with Crippen molar-refractivity contribution in [3.63, 3.8) is 0 Å². The van der Waals surface area contributed by atoms with Crippen LogP contribution < -0.4 is 4.90 Å². The third-order valence-corrected chi connectivity index (χ3v) is 5.73. The average molecular weight is 468 g/mol. The van der Waals surface area contributed by atoms with E-state index < -0.39 is 17.7 Å². The summed E-state index contributed by atoms with van der Waals surface area (Å²) in [6.45, 7) is 9.43. The van der Waals surface area contributed by atoms with Crippen LogP contribution in [0.15, 0.2) is 60.7 Å². The molecule has 1 aliphatic rings. The van der Waals surface area contributed by atoms with E-state index in [4.69, 9.17) is 4.74 Å². The number of carbonyl (C=O) groups excluding carboxylic acids is 2. The van der Waals surface area contributed by atoms with Gasteiger partial charge in [0.15, 0.2) is 0 Å². The number of carbonyl (C=O) groups is 2. The smallest absolute Gasteiger partial charge is 0.313 e. The number of ether oxygens (including phenoxy) is 1. The minimum absolute atomic E-state index is 0.0554. The maximum Gasteiger partial charge on any atom is 0.313 e. The molecular formula is C28H34FNO4. The number of nitrogens with zero attached hydrogens (tertiary/aromatic N) is 1.